The van der Waals surface area contributed by atoms with E-state index >= 15 is 0 Å². The lowest BCUT2D eigenvalue weighted by atomic mass is 9.95. The molecule has 0 amide bonds. The van der Waals surface area contributed by atoms with Crippen LogP contribution in [0, 0.1) is 0 Å². The van der Waals surface area contributed by atoms with Crippen molar-refractivity contribution in [3.8, 4) is 22.3 Å². The van der Waals surface area contributed by atoms with Gasteiger partial charge >= 0.3 is 0 Å². The minimum Gasteiger partial charge on any atom is -0.399 e. The molecule has 0 fully saturated rings. The van der Waals surface area contributed by atoms with E-state index in [9.17, 15) is 4.79 Å². The van der Waals surface area contributed by atoms with Gasteiger partial charge in [-0.05, 0) is 34.4 Å². The predicted octanol–water partition coefficient (Wildman–Crippen LogP) is 4.15. The number of hydrogen-bond acceptors (Lipinski definition) is 2. The lowest BCUT2D eigenvalue weighted by Crippen LogP contribution is -1.98. The van der Waals surface area contributed by atoms with E-state index in [1.807, 2.05) is 66.7 Å². The second kappa shape index (κ2) is 4.32. The van der Waals surface area contributed by atoms with Gasteiger partial charge in [-0.1, -0.05) is 54.6 Å². The van der Waals surface area contributed by atoms with Gasteiger partial charge < -0.3 is 5.73 Å². The minimum absolute atomic E-state index is 0.0959. The Bertz CT molecular complexity index is 880. The molecule has 0 saturated carbocycles. The van der Waals surface area contributed by atoms with Crippen LogP contribution in [0.15, 0.2) is 66.7 Å². The highest BCUT2D eigenvalue weighted by Gasteiger charge is 2.28. The Morgan fingerprint density at radius 2 is 1.33 bits per heavy atom. The summed E-state index contributed by atoms with van der Waals surface area (Å²) in [5.41, 5.74) is 12.1. The summed E-state index contributed by atoms with van der Waals surface area (Å²) in [5, 5.41) is 0. The largest absolute Gasteiger partial charge is 0.399 e. The highest BCUT2D eigenvalue weighted by molar-refractivity contribution is 6.24. The van der Waals surface area contributed by atoms with Gasteiger partial charge in [-0.2, -0.15) is 0 Å². The van der Waals surface area contributed by atoms with Crippen LogP contribution in [0.5, 0.6) is 0 Å². The molecule has 0 saturated heterocycles. The SMILES string of the molecule is Nc1cccc(-c2cccc3c2C(=O)c2ccccc2-3)c1. The van der Waals surface area contributed by atoms with Crippen molar-refractivity contribution in [3.63, 3.8) is 0 Å². The first-order valence-electron chi connectivity index (χ1n) is 6.89. The molecule has 4 rings (SSSR count). The molecule has 3 aromatic rings. The molecule has 2 N–H and O–H groups in total. The Labute approximate surface area is 122 Å². The maximum atomic E-state index is 12.7. The van der Waals surface area contributed by atoms with Crippen LogP contribution in [-0.4, -0.2) is 5.78 Å². The van der Waals surface area contributed by atoms with Crippen molar-refractivity contribution in [2.75, 3.05) is 5.73 Å². The van der Waals surface area contributed by atoms with Crippen molar-refractivity contribution in [2.45, 2.75) is 0 Å². The Balaban J connectivity index is 2.01. The van der Waals surface area contributed by atoms with Gasteiger partial charge in [-0.25, -0.2) is 0 Å². The minimum atomic E-state index is 0.0959. The second-order valence-electron chi connectivity index (χ2n) is 5.23. The average Bonchev–Trinajstić information content (AvgIpc) is 2.81. The van der Waals surface area contributed by atoms with E-state index < -0.39 is 0 Å². The summed E-state index contributed by atoms with van der Waals surface area (Å²) in [6.07, 6.45) is 0. The summed E-state index contributed by atoms with van der Waals surface area (Å²) >= 11 is 0. The van der Waals surface area contributed by atoms with Gasteiger partial charge in [0, 0.05) is 16.8 Å². The topological polar surface area (TPSA) is 43.1 Å². The molecule has 100 valence electrons. The van der Waals surface area contributed by atoms with Gasteiger partial charge in [0.1, 0.15) is 0 Å². The Hall–Kier alpha value is -2.87. The molecule has 21 heavy (non-hydrogen) atoms. The van der Waals surface area contributed by atoms with E-state index in [1.165, 1.54) is 0 Å². The summed E-state index contributed by atoms with van der Waals surface area (Å²) in [6, 6.07) is 21.4. The van der Waals surface area contributed by atoms with Crippen molar-refractivity contribution in [3.05, 3.63) is 77.9 Å². The molecule has 3 aromatic carbocycles. The highest BCUT2D eigenvalue weighted by Crippen LogP contribution is 2.41. The number of anilines is 1. The van der Waals surface area contributed by atoms with Crippen molar-refractivity contribution in [1.82, 2.24) is 0 Å². The molecule has 0 spiro atoms. The normalized spacial score (nSPS) is 12.1. The van der Waals surface area contributed by atoms with E-state index in [4.69, 9.17) is 5.73 Å². The van der Waals surface area contributed by atoms with Crippen LogP contribution >= 0.6 is 0 Å². The Morgan fingerprint density at radius 1 is 0.667 bits per heavy atom. The maximum absolute atomic E-state index is 12.7. The molecular weight excluding hydrogens is 258 g/mol. The van der Waals surface area contributed by atoms with Gasteiger partial charge in [-0.15, -0.1) is 0 Å². The number of carbonyl (C=O) groups is 1. The third-order valence-corrected chi connectivity index (χ3v) is 3.95. The van der Waals surface area contributed by atoms with Crippen LogP contribution in [0.3, 0.4) is 0 Å². The van der Waals surface area contributed by atoms with E-state index in [0.29, 0.717) is 5.69 Å². The second-order valence-corrected chi connectivity index (χ2v) is 5.23. The first-order valence-corrected chi connectivity index (χ1v) is 6.89. The molecule has 0 aromatic heterocycles. The van der Waals surface area contributed by atoms with Gasteiger partial charge in [0.15, 0.2) is 5.78 Å². The zero-order valence-corrected chi connectivity index (χ0v) is 11.3. The third kappa shape index (κ3) is 1.69. The Kier molecular flexibility index (Phi) is 2.45. The quantitative estimate of drug-likeness (QED) is 0.528. The molecule has 0 radical (unpaired) electrons. The molecule has 2 heteroatoms. The summed E-state index contributed by atoms with van der Waals surface area (Å²) in [5.74, 6) is 0.0959. The fraction of sp³-hybridized carbons (Fsp3) is 0. The van der Waals surface area contributed by atoms with Gasteiger partial charge in [0.05, 0.1) is 0 Å². The van der Waals surface area contributed by atoms with Crippen molar-refractivity contribution in [2.24, 2.45) is 0 Å². The van der Waals surface area contributed by atoms with Gasteiger partial charge in [-0.3, -0.25) is 4.79 Å². The first kappa shape index (κ1) is 11.9. The van der Waals surface area contributed by atoms with Gasteiger partial charge in [0.25, 0.3) is 0 Å². The number of carbonyl (C=O) groups excluding carboxylic acids is 1. The number of benzene rings is 3. The summed E-state index contributed by atoms with van der Waals surface area (Å²) in [6.45, 7) is 0. The average molecular weight is 271 g/mol. The number of hydrogen-bond donors (Lipinski definition) is 1. The standard InChI is InChI=1S/C19H13NO/c20-13-6-3-5-12(11-13)14-9-4-10-16-15-7-1-2-8-17(15)19(21)18(14)16/h1-11H,20H2. The monoisotopic (exact) mass is 271 g/mol. The zero-order chi connectivity index (χ0) is 14.4. The lowest BCUT2D eigenvalue weighted by molar-refractivity contribution is 0.104. The van der Waals surface area contributed by atoms with Crippen molar-refractivity contribution in [1.29, 1.82) is 0 Å². The first-order chi connectivity index (χ1) is 10.3. The van der Waals surface area contributed by atoms with Crippen molar-refractivity contribution < 1.29 is 4.79 Å². The number of nitrogens with two attached hydrogens (primary N) is 1. The third-order valence-electron chi connectivity index (χ3n) is 3.95. The maximum Gasteiger partial charge on any atom is 0.194 e. The molecule has 1 aliphatic carbocycles. The highest BCUT2D eigenvalue weighted by atomic mass is 16.1. The van der Waals surface area contributed by atoms with E-state index in [2.05, 4.69) is 0 Å². The molecule has 0 heterocycles. The molecule has 0 bridgehead atoms. The fourth-order valence-electron chi connectivity index (χ4n) is 3.02. The van der Waals surface area contributed by atoms with Crippen LogP contribution < -0.4 is 5.73 Å². The lowest BCUT2D eigenvalue weighted by Gasteiger charge is -2.08. The number of nitrogen functional groups attached to an aromatic ring is 1. The van der Waals surface area contributed by atoms with E-state index in [0.717, 1.165) is 33.4 Å². The zero-order valence-electron chi connectivity index (χ0n) is 11.3. The predicted molar refractivity (Wildman–Crippen MR) is 85.2 cm³/mol. The van der Waals surface area contributed by atoms with Gasteiger partial charge in [0.2, 0.25) is 0 Å². The van der Waals surface area contributed by atoms with Crippen LogP contribution in [-0.2, 0) is 0 Å². The van der Waals surface area contributed by atoms with Crippen LogP contribution in [0.25, 0.3) is 22.3 Å². The fourth-order valence-corrected chi connectivity index (χ4v) is 3.02. The number of ketones is 1. The number of rotatable bonds is 1. The summed E-state index contributed by atoms with van der Waals surface area (Å²) < 4.78 is 0. The van der Waals surface area contributed by atoms with Crippen molar-refractivity contribution >= 4 is 11.5 Å². The molecular formula is C19H13NO. The molecule has 0 aliphatic heterocycles. The summed E-state index contributed by atoms with van der Waals surface area (Å²) in [7, 11) is 0. The smallest absolute Gasteiger partial charge is 0.194 e. The van der Waals surface area contributed by atoms with Crippen LogP contribution in [0.2, 0.25) is 0 Å². The van der Waals surface area contributed by atoms with E-state index in [1.54, 1.807) is 0 Å². The number of fused-ring (bicyclic) bond motifs is 3. The van der Waals surface area contributed by atoms with Crippen LogP contribution in [0.1, 0.15) is 15.9 Å². The molecule has 1 aliphatic rings. The van der Waals surface area contributed by atoms with Crippen LogP contribution in [0.4, 0.5) is 5.69 Å². The molecule has 2 nitrogen and oxygen atoms in total. The molecule has 0 unspecified atom stereocenters. The Morgan fingerprint density at radius 3 is 2.14 bits per heavy atom. The molecule has 0 atom stereocenters. The summed E-state index contributed by atoms with van der Waals surface area (Å²) in [4.78, 5) is 12.7. The van der Waals surface area contributed by atoms with E-state index in [-0.39, 0.29) is 5.78 Å².